The van der Waals surface area contributed by atoms with Gasteiger partial charge in [-0.3, -0.25) is 0 Å². The van der Waals surface area contributed by atoms with E-state index in [2.05, 4.69) is 21.5 Å². The summed E-state index contributed by atoms with van der Waals surface area (Å²) in [6.45, 7) is 3.00. The Kier molecular flexibility index (Phi) is 4.31. The summed E-state index contributed by atoms with van der Waals surface area (Å²) in [7, 11) is 0. The average molecular weight is 320 g/mol. The van der Waals surface area contributed by atoms with Gasteiger partial charge in [0.1, 0.15) is 0 Å². The number of hydrogen-bond acceptors (Lipinski definition) is 4. The first-order valence-electron chi connectivity index (χ1n) is 6.61. The van der Waals surface area contributed by atoms with Crippen LogP contribution in [-0.4, -0.2) is 14.5 Å². The molecule has 6 heteroatoms. The van der Waals surface area contributed by atoms with Crippen LogP contribution in [0.4, 0.5) is 0 Å². The zero-order valence-electron chi connectivity index (χ0n) is 11.5. The van der Waals surface area contributed by atoms with Crippen molar-refractivity contribution >= 4 is 23.4 Å². The Morgan fingerprint density at radius 3 is 2.81 bits per heavy atom. The van der Waals surface area contributed by atoms with Crippen molar-refractivity contribution in [1.29, 1.82) is 0 Å². The van der Waals surface area contributed by atoms with E-state index in [-0.39, 0.29) is 0 Å². The van der Waals surface area contributed by atoms with Crippen LogP contribution >= 0.6 is 23.4 Å². The van der Waals surface area contributed by atoms with Gasteiger partial charge in [-0.15, -0.1) is 0 Å². The third-order valence-electron chi connectivity index (χ3n) is 3.03. The van der Waals surface area contributed by atoms with Gasteiger partial charge in [-0.25, -0.2) is 9.97 Å². The highest BCUT2D eigenvalue weighted by atomic mass is 35.5. The normalized spacial score (nSPS) is 11.0. The maximum absolute atomic E-state index is 5.88. The molecule has 3 aromatic rings. The van der Waals surface area contributed by atoms with Crippen molar-refractivity contribution in [2.45, 2.75) is 24.4 Å². The van der Waals surface area contributed by atoms with Crippen LogP contribution in [0.25, 0.3) is 11.3 Å². The van der Waals surface area contributed by atoms with Crippen LogP contribution in [0.2, 0.25) is 5.02 Å². The fourth-order valence-corrected chi connectivity index (χ4v) is 2.93. The number of aromatic nitrogens is 3. The number of halogens is 1. The fraction of sp³-hybridized carbons (Fsp3) is 0.200. The minimum atomic E-state index is 0.657. The SMILES string of the molecule is CCn1ccnc1SCc1ncc(-c2ccc(Cl)cc2)o1. The molecule has 21 heavy (non-hydrogen) atoms. The van der Waals surface area contributed by atoms with Gasteiger partial charge in [-0.2, -0.15) is 0 Å². The number of nitrogens with zero attached hydrogens (tertiary/aromatic N) is 3. The average Bonchev–Trinajstić information content (AvgIpc) is 3.14. The van der Waals surface area contributed by atoms with E-state index < -0.39 is 0 Å². The molecule has 2 aromatic heterocycles. The van der Waals surface area contributed by atoms with E-state index in [1.807, 2.05) is 30.5 Å². The molecule has 0 unspecified atom stereocenters. The number of hydrogen-bond donors (Lipinski definition) is 0. The van der Waals surface area contributed by atoms with Crippen molar-refractivity contribution in [3.05, 3.63) is 53.8 Å². The first-order chi connectivity index (χ1) is 10.3. The van der Waals surface area contributed by atoms with Gasteiger partial charge < -0.3 is 8.98 Å². The van der Waals surface area contributed by atoms with Gasteiger partial charge in [0.2, 0.25) is 5.89 Å². The molecule has 4 nitrogen and oxygen atoms in total. The summed E-state index contributed by atoms with van der Waals surface area (Å²) < 4.78 is 7.86. The van der Waals surface area contributed by atoms with Crippen LogP contribution in [0.5, 0.6) is 0 Å². The van der Waals surface area contributed by atoms with E-state index in [1.54, 1.807) is 24.2 Å². The number of aryl methyl sites for hydroxylation is 1. The molecule has 0 amide bonds. The monoisotopic (exact) mass is 319 g/mol. The lowest BCUT2D eigenvalue weighted by Gasteiger charge is -2.02. The van der Waals surface area contributed by atoms with E-state index in [0.717, 1.165) is 23.0 Å². The summed E-state index contributed by atoms with van der Waals surface area (Å²) in [5.74, 6) is 2.10. The van der Waals surface area contributed by atoms with Crippen LogP contribution in [-0.2, 0) is 12.3 Å². The Bertz CT molecular complexity index is 721. The van der Waals surface area contributed by atoms with Gasteiger partial charge in [0.25, 0.3) is 0 Å². The van der Waals surface area contributed by atoms with Crippen LogP contribution in [0.3, 0.4) is 0 Å². The Balaban J connectivity index is 1.69. The lowest BCUT2D eigenvalue weighted by atomic mass is 10.2. The largest absolute Gasteiger partial charge is 0.440 e. The topological polar surface area (TPSA) is 43.9 Å². The van der Waals surface area contributed by atoms with E-state index in [0.29, 0.717) is 16.7 Å². The van der Waals surface area contributed by atoms with Gasteiger partial charge in [0, 0.05) is 29.5 Å². The quantitative estimate of drug-likeness (QED) is 0.649. The summed E-state index contributed by atoms with van der Waals surface area (Å²) in [4.78, 5) is 8.63. The molecule has 2 heterocycles. The lowest BCUT2D eigenvalue weighted by molar-refractivity contribution is 0.529. The minimum Gasteiger partial charge on any atom is -0.440 e. The number of oxazole rings is 1. The molecule has 0 saturated carbocycles. The van der Waals surface area contributed by atoms with Crippen LogP contribution in [0, 0.1) is 0 Å². The van der Waals surface area contributed by atoms with Crippen molar-refractivity contribution in [2.75, 3.05) is 0 Å². The molecule has 0 aliphatic carbocycles. The molecule has 0 N–H and O–H groups in total. The van der Waals surface area contributed by atoms with Crippen molar-refractivity contribution in [1.82, 2.24) is 14.5 Å². The van der Waals surface area contributed by atoms with Gasteiger partial charge in [0.05, 0.1) is 11.9 Å². The third kappa shape index (κ3) is 3.31. The maximum atomic E-state index is 5.88. The van der Waals surface area contributed by atoms with E-state index >= 15 is 0 Å². The Labute approximate surface area is 132 Å². The molecule has 3 rings (SSSR count). The molecule has 0 bridgehead atoms. The first-order valence-corrected chi connectivity index (χ1v) is 7.97. The predicted octanol–water partition coefficient (Wildman–Crippen LogP) is 4.50. The molecule has 0 saturated heterocycles. The van der Waals surface area contributed by atoms with Crippen molar-refractivity contribution < 1.29 is 4.42 Å². The Morgan fingerprint density at radius 1 is 1.24 bits per heavy atom. The molecular formula is C15H14ClN3OS. The van der Waals surface area contributed by atoms with Crippen molar-refractivity contribution in [3.63, 3.8) is 0 Å². The summed E-state index contributed by atoms with van der Waals surface area (Å²) >= 11 is 7.50. The number of rotatable bonds is 5. The standard InChI is InChI=1S/C15H14ClN3OS/c1-2-19-8-7-17-15(19)21-10-14-18-9-13(20-14)11-3-5-12(16)6-4-11/h3-9H,2,10H2,1H3. The smallest absolute Gasteiger partial charge is 0.205 e. The molecule has 0 aliphatic rings. The third-order valence-corrected chi connectivity index (χ3v) is 4.27. The van der Waals surface area contributed by atoms with Crippen LogP contribution in [0.15, 0.2) is 52.4 Å². The van der Waals surface area contributed by atoms with E-state index in [9.17, 15) is 0 Å². The second-order valence-electron chi connectivity index (χ2n) is 4.41. The van der Waals surface area contributed by atoms with E-state index in [1.165, 1.54) is 0 Å². The van der Waals surface area contributed by atoms with Crippen molar-refractivity contribution in [2.24, 2.45) is 0 Å². The highest BCUT2D eigenvalue weighted by molar-refractivity contribution is 7.98. The molecule has 0 atom stereocenters. The first kappa shape index (κ1) is 14.2. The fourth-order valence-electron chi connectivity index (χ4n) is 1.93. The summed E-state index contributed by atoms with van der Waals surface area (Å²) in [6.07, 6.45) is 5.52. The highest BCUT2D eigenvalue weighted by Crippen LogP contribution is 2.26. The summed E-state index contributed by atoms with van der Waals surface area (Å²) in [5.41, 5.74) is 0.971. The zero-order valence-corrected chi connectivity index (χ0v) is 13.1. The predicted molar refractivity (Wildman–Crippen MR) is 84.4 cm³/mol. The molecule has 0 aliphatic heterocycles. The molecular weight excluding hydrogens is 306 g/mol. The maximum Gasteiger partial charge on any atom is 0.205 e. The minimum absolute atomic E-state index is 0.657. The Morgan fingerprint density at radius 2 is 2.05 bits per heavy atom. The van der Waals surface area contributed by atoms with Gasteiger partial charge in [-0.1, -0.05) is 23.4 Å². The molecule has 0 radical (unpaired) electrons. The number of thioether (sulfide) groups is 1. The molecule has 0 spiro atoms. The van der Waals surface area contributed by atoms with Crippen LogP contribution < -0.4 is 0 Å². The summed E-state index contributed by atoms with van der Waals surface area (Å²) in [6, 6.07) is 7.52. The highest BCUT2D eigenvalue weighted by Gasteiger charge is 2.09. The van der Waals surface area contributed by atoms with Gasteiger partial charge in [-0.05, 0) is 31.2 Å². The molecule has 108 valence electrons. The van der Waals surface area contributed by atoms with E-state index in [4.69, 9.17) is 16.0 Å². The van der Waals surface area contributed by atoms with Crippen LogP contribution in [0.1, 0.15) is 12.8 Å². The number of imidazole rings is 1. The van der Waals surface area contributed by atoms with Crippen molar-refractivity contribution in [3.8, 4) is 11.3 Å². The zero-order chi connectivity index (χ0) is 14.7. The number of benzene rings is 1. The second kappa shape index (κ2) is 6.37. The molecule has 0 fully saturated rings. The molecule has 1 aromatic carbocycles. The Hall–Kier alpha value is -1.72. The van der Waals surface area contributed by atoms with Gasteiger partial charge >= 0.3 is 0 Å². The summed E-state index contributed by atoms with van der Waals surface area (Å²) in [5, 5.41) is 1.68. The van der Waals surface area contributed by atoms with Gasteiger partial charge in [0.15, 0.2) is 10.9 Å². The second-order valence-corrected chi connectivity index (χ2v) is 5.79. The lowest BCUT2D eigenvalue weighted by Crippen LogP contribution is -1.94.